The van der Waals surface area contributed by atoms with E-state index < -0.39 is 11.6 Å². The molecule has 0 saturated carbocycles. The van der Waals surface area contributed by atoms with E-state index >= 15 is 0 Å². The van der Waals surface area contributed by atoms with Crippen LogP contribution in [0, 0.1) is 18.6 Å². The number of anilines is 2. The van der Waals surface area contributed by atoms with Crippen LogP contribution in [0.25, 0.3) is 0 Å². The summed E-state index contributed by atoms with van der Waals surface area (Å²) in [4.78, 5) is 25.3. The van der Waals surface area contributed by atoms with Gasteiger partial charge in [0.2, 0.25) is 11.8 Å². The fraction of sp³-hybridized carbons (Fsp3) is 0.222. The van der Waals surface area contributed by atoms with Crippen molar-refractivity contribution < 1.29 is 18.4 Å². The zero-order valence-electron chi connectivity index (χ0n) is 13.5. The first kappa shape index (κ1) is 17.6. The van der Waals surface area contributed by atoms with Crippen molar-refractivity contribution in [3.8, 4) is 0 Å². The minimum absolute atomic E-state index is 0.0342. The van der Waals surface area contributed by atoms with Crippen molar-refractivity contribution in [3.05, 3.63) is 59.7 Å². The van der Waals surface area contributed by atoms with E-state index in [1.807, 2.05) is 25.1 Å². The highest BCUT2D eigenvalue weighted by Crippen LogP contribution is 2.17. The summed E-state index contributed by atoms with van der Waals surface area (Å²) in [7, 11) is 0. The molecule has 0 aliphatic carbocycles. The number of halogens is 2. The Kier molecular flexibility index (Phi) is 5.63. The maximum absolute atomic E-state index is 13.1. The molecule has 0 aromatic heterocycles. The van der Waals surface area contributed by atoms with Gasteiger partial charge < -0.3 is 10.2 Å². The number of carbonyl (C=O) groups is 2. The largest absolute Gasteiger partial charge is 0.326 e. The van der Waals surface area contributed by atoms with Gasteiger partial charge in [0.15, 0.2) is 11.6 Å². The molecule has 2 amide bonds. The molecule has 0 aliphatic rings. The normalized spacial score (nSPS) is 10.3. The monoisotopic (exact) mass is 332 g/mol. The van der Waals surface area contributed by atoms with Crippen LogP contribution in [0.5, 0.6) is 0 Å². The fourth-order valence-electron chi connectivity index (χ4n) is 2.27. The lowest BCUT2D eigenvalue weighted by Gasteiger charge is -2.21. The van der Waals surface area contributed by atoms with Crippen molar-refractivity contribution in [1.29, 1.82) is 0 Å². The second-order valence-corrected chi connectivity index (χ2v) is 5.44. The van der Waals surface area contributed by atoms with Crippen LogP contribution in [0.1, 0.15) is 18.9 Å². The van der Waals surface area contributed by atoms with E-state index in [4.69, 9.17) is 0 Å². The van der Waals surface area contributed by atoms with Gasteiger partial charge in [-0.1, -0.05) is 12.1 Å². The number of hydrogen-bond acceptors (Lipinski definition) is 2. The van der Waals surface area contributed by atoms with E-state index in [0.29, 0.717) is 5.69 Å². The minimum Gasteiger partial charge on any atom is -0.326 e. The Morgan fingerprint density at radius 1 is 1.08 bits per heavy atom. The standard InChI is InChI=1S/C18H18F2N2O2/c1-12-4-3-5-15(10-12)22(13(2)23)9-8-18(24)21-14-6-7-16(19)17(20)11-14/h3-7,10-11H,8-9H2,1-2H3,(H,21,24). The van der Waals surface area contributed by atoms with Gasteiger partial charge in [0.05, 0.1) is 0 Å². The van der Waals surface area contributed by atoms with Crippen LogP contribution in [0.3, 0.4) is 0 Å². The van der Waals surface area contributed by atoms with Crippen molar-refractivity contribution in [2.75, 3.05) is 16.8 Å². The lowest BCUT2D eigenvalue weighted by atomic mass is 10.2. The van der Waals surface area contributed by atoms with E-state index in [9.17, 15) is 18.4 Å². The van der Waals surface area contributed by atoms with E-state index in [1.165, 1.54) is 17.9 Å². The molecule has 0 bridgehead atoms. The number of hydrogen-bond donors (Lipinski definition) is 1. The van der Waals surface area contributed by atoms with E-state index in [1.54, 1.807) is 6.07 Å². The van der Waals surface area contributed by atoms with Gasteiger partial charge in [-0.05, 0) is 36.8 Å². The molecule has 0 aliphatic heterocycles. The molecule has 2 aromatic rings. The Bertz CT molecular complexity index is 762. The predicted molar refractivity (Wildman–Crippen MR) is 88.8 cm³/mol. The molecule has 0 unspecified atom stereocenters. The summed E-state index contributed by atoms with van der Waals surface area (Å²) < 4.78 is 26.0. The number of carbonyl (C=O) groups excluding carboxylic acids is 2. The highest BCUT2D eigenvalue weighted by molar-refractivity contribution is 5.94. The molecule has 1 N–H and O–H groups in total. The van der Waals surface area contributed by atoms with Crippen molar-refractivity contribution in [2.45, 2.75) is 20.3 Å². The van der Waals surface area contributed by atoms with Gasteiger partial charge in [-0.3, -0.25) is 9.59 Å². The first-order valence-electron chi connectivity index (χ1n) is 7.46. The molecule has 4 nitrogen and oxygen atoms in total. The van der Waals surface area contributed by atoms with Crippen molar-refractivity contribution in [2.24, 2.45) is 0 Å². The first-order chi connectivity index (χ1) is 11.4. The summed E-state index contributed by atoms with van der Waals surface area (Å²) in [6.07, 6.45) is 0.0342. The summed E-state index contributed by atoms with van der Waals surface area (Å²) in [6, 6.07) is 10.5. The van der Waals surface area contributed by atoms with Gasteiger partial charge in [-0.25, -0.2) is 8.78 Å². The summed E-state index contributed by atoms with van der Waals surface area (Å²) in [5.74, 6) is -2.57. The lowest BCUT2D eigenvalue weighted by Crippen LogP contribution is -2.32. The maximum atomic E-state index is 13.1. The van der Waals surface area contributed by atoms with E-state index in [2.05, 4.69) is 5.32 Å². The Hall–Kier alpha value is -2.76. The van der Waals surface area contributed by atoms with Gasteiger partial charge >= 0.3 is 0 Å². The Morgan fingerprint density at radius 2 is 1.83 bits per heavy atom. The second-order valence-electron chi connectivity index (χ2n) is 5.44. The molecule has 0 radical (unpaired) electrons. The minimum atomic E-state index is -1.03. The van der Waals surface area contributed by atoms with Gasteiger partial charge in [-0.15, -0.1) is 0 Å². The van der Waals surface area contributed by atoms with Gasteiger partial charge in [0.25, 0.3) is 0 Å². The van der Waals surface area contributed by atoms with E-state index in [-0.39, 0.29) is 30.5 Å². The van der Waals surface area contributed by atoms with Gasteiger partial charge in [0, 0.05) is 37.3 Å². The van der Waals surface area contributed by atoms with E-state index in [0.717, 1.165) is 17.7 Å². The summed E-state index contributed by atoms with van der Waals surface area (Å²) >= 11 is 0. The molecule has 0 fully saturated rings. The maximum Gasteiger partial charge on any atom is 0.226 e. The second kappa shape index (κ2) is 7.68. The van der Waals surface area contributed by atoms with Crippen molar-refractivity contribution in [1.82, 2.24) is 0 Å². The number of aryl methyl sites for hydroxylation is 1. The average Bonchev–Trinajstić information content (AvgIpc) is 2.51. The van der Waals surface area contributed by atoms with Crippen LogP contribution < -0.4 is 10.2 Å². The first-order valence-corrected chi connectivity index (χ1v) is 7.46. The highest BCUT2D eigenvalue weighted by Gasteiger charge is 2.14. The van der Waals surface area contributed by atoms with Crippen molar-refractivity contribution in [3.63, 3.8) is 0 Å². The van der Waals surface area contributed by atoms with Crippen LogP contribution in [0.15, 0.2) is 42.5 Å². The summed E-state index contributed by atoms with van der Waals surface area (Å²) in [5, 5.41) is 2.48. The number of amides is 2. The predicted octanol–water partition coefficient (Wildman–Crippen LogP) is 3.65. The lowest BCUT2D eigenvalue weighted by molar-refractivity contribution is -0.117. The zero-order chi connectivity index (χ0) is 17.7. The Balaban J connectivity index is 2.00. The molecule has 0 heterocycles. The molecular weight excluding hydrogens is 314 g/mol. The molecule has 2 rings (SSSR count). The molecule has 6 heteroatoms. The molecule has 0 atom stereocenters. The topological polar surface area (TPSA) is 49.4 Å². The molecule has 2 aromatic carbocycles. The number of nitrogens with zero attached hydrogens (tertiary/aromatic N) is 1. The quantitative estimate of drug-likeness (QED) is 0.908. The number of rotatable bonds is 5. The average molecular weight is 332 g/mol. The zero-order valence-corrected chi connectivity index (χ0v) is 13.5. The van der Waals surface area contributed by atoms with Crippen LogP contribution in [-0.4, -0.2) is 18.4 Å². The Morgan fingerprint density at radius 3 is 2.46 bits per heavy atom. The molecular formula is C18H18F2N2O2. The summed E-state index contributed by atoms with van der Waals surface area (Å²) in [5.41, 5.74) is 1.89. The van der Waals surface area contributed by atoms with Crippen molar-refractivity contribution >= 4 is 23.2 Å². The van der Waals surface area contributed by atoms with Crippen LogP contribution >= 0.6 is 0 Å². The van der Waals surface area contributed by atoms with Crippen LogP contribution in [0.4, 0.5) is 20.2 Å². The Labute approximate surface area is 139 Å². The van der Waals surface area contributed by atoms with Crippen LogP contribution in [0.2, 0.25) is 0 Å². The molecule has 0 spiro atoms. The molecule has 0 saturated heterocycles. The number of benzene rings is 2. The third kappa shape index (κ3) is 4.62. The van der Waals surface area contributed by atoms with Gasteiger partial charge in [-0.2, -0.15) is 0 Å². The molecule has 24 heavy (non-hydrogen) atoms. The number of nitrogens with one attached hydrogen (secondary N) is 1. The van der Waals surface area contributed by atoms with Crippen LogP contribution in [-0.2, 0) is 9.59 Å². The summed E-state index contributed by atoms with van der Waals surface area (Å²) in [6.45, 7) is 3.53. The third-order valence-corrected chi connectivity index (χ3v) is 3.46. The van der Waals surface area contributed by atoms with Gasteiger partial charge in [0.1, 0.15) is 0 Å². The highest BCUT2D eigenvalue weighted by atomic mass is 19.2. The smallest absolute Gasteiger partial charge is 0.226 e. The molecule has 126 valence electrons. The fourth-order valence-corrected chi connectivity index (χ4v) is 2.27. The third-order valence-electron chi connectivity index (χ3n) is 3.46. The SMILES string of the molecule is CC(=O)N(CCC(=O)Nc1ccc(F)c(F)c1)c1cccc(C)c1.